The second-order valence-electron chi connectivity index (χ2n) is 6.96. The Balaban J connectivity index is 2.60. The molecule has 1 N–H and O–H groups in total. The van der Waals surface area contributed by atoms with Crippen molar-refractivity contribution < 1.29 is 24.2 Å². The first-order valence-corrected chi connectivity index (χ1v) is 8.72. The Kier molecular flexibility index (Phi) is 8.68. The van der Waals surface area contributed by atoms with Gasteiger partial charge in [0, 0.05) is 19.2 Å². The van der Waals surface area contributed by atoms with Crippen LogP contribution >= 0.6 is 0 Å². The average Bonchev–Trinajstić information content (AvgIpc) is 2.57. The predicted octanol–water partition coefficient (Wildman–Crippen LogP) is 3.10. The van der Waals surface area contributed by atoms with Gasteiger partial charge in [0.25, 0.3) is 5.91 Å². The number of ether oxygens (including phenoxy) is 2. The minimum Gasteiger partial charge on any atom is -0.504 e. The number of methoxy groups -OCH3 is 1. The van der Waals surface area contributed by atoms with Crippen molar-refractivity contribution in [3.8, 4) is 11.5 Å². The molecule has 0 aromatic heterocycles. The third-order valence-corrected chi connectivity index (χ3v) is 3.48. The molecule has 0 aliphatic heterocycles. The maximum atomic E-state index is 12.3. The number of hydrogen-bond donors (Lipinski definition) is 1. The Hall–Kier alpha value is -2.50. The lowest BCUT2D eigenvalue weighted by Crippen LogP contribution is -2.39. The van der Waals surface area contributed by atoms with Crippen LogP contribution in [-0.4, -0.2) is 48.7 Å². The molecule has 0 heterocycles. The van der Waals surface area contributed by atoms with Crippen molar-refractivity contribution in [2.24, 2.45) is 11.8 Å². The zero-order valence-electron chi connectivity index (χ0n) is 16.2. The van der Waals surface area contributed by atoms with Crippen LogP contribution in [0.5, 0.6) is 11.5 Å². The van der Waals surface area contributed by atoms with Crippen LogP contribution in [0.4, 0.5) is 0 Å². The number of carbonyl (C=O) groups excluding carboxylic acids is 2. The maximum Gasteiger partial charge on any atom is 0.331 e. The van der Waals surface area contributed by atoms with Crippen LogP contribution in [0.15, 0.2) is 24.3 Å². The molecule has 26 heavy (non-hydrogen) atoms. The summed E-state index contributed by atoms with van der Waals surface area (Å²) in [5.74, 6) is 0.234. The molecule has 0 atom stereocenters. The van der Waals surface area contributed by atoms with Crippen LogP contribution in [-0.2, 0) is 14.3 Å². The van der Waals surface area contributed by atoms with Gasteiger partial charge in [-0.1, -0.05) is 33.8 Å². The normalized spacial score (nSPS) is 11.2. The monoisotopic (exact) mass is 363 g/mol. The van der Waals surface area contributed by atoms with E-state index in [9.17, 15) is 14.7 Å². The number of carbonyl (C=O) groups is 2. The molecular formula is C20H29NO5. The van der Waals surface area contributed by atoms with Crippen LogP contribution in [0.3, 0.4) is 0 Å². The summed E-state index contributed by atoms with van der Waals surface area (Å²) < 4.78 is 10.1. The number of phenols is 1. The summed E-state index contributed by atoms with van der Waals surface area (Å²) in [6.45, 7) is 9.17. The van der Waals surface area contributed by atoms with Crippen LogP contribution in [0.2, 0.25) is 0 Å². The smallest absolute Gasteiger partial charge is 0.331 e. The van der Waals surface area contributed by atoms with Crippen LogP contribution in [0.25, 0.3) is 6.08 Å². The topological polar surface area (TPSA) is 76.1 Å². The first kappa shape index (κ1) is 21.5. The Morgan fingerprint density at radius 1 is 1.15 bits per heavy atom. The number of benzene rings is 1. The molecule has 0 fully saturated rings. The fourth-order valence-electron chi connectivity index (χ4n) is 2.39. The van der Waals surface area contributed by atoms with Crippen molar-refractivity contribution in [1.29, 1.82) is 0 Å². The number of nitrogens with zero attached hydrogens (tertiary/aromatic N) is 1. The van der Waals surface area contributed by atoms with Crippen molar-refractivity contribution in [2.75, 3.05) is 26.8 Å². The number of phenolic OH excluding ortho intramolecular Hbond substituents is 1. The summed E-state index contributed by atoms with van der Waals surface area (Å²) in [6, 6.07) is 4.71. The van der Waals surface area contributed by atoms with Crippen LogP contribution < -0.4 is 4.74 Å². The molecule has 144 valence electrons. The highest BCUT2D eigenvalue weighted by Gasteiger charge is 2.17. The molecular weight excluding hydrogens is 334 g/mol. The summed E-state index contributed by atoms with van der Waals surface area (Å²) in [5, 5.41) is 9.55. The molecule has 1 amide bonds. The molecule has 1 rings (SSSR count). The van der Waals surface area contributed by atoms with Crippen molar-refractivity contribution in [1.82, 2.24) is 4.90 Å². The van der Waals surface area contributed by atoms with Crippen molar-refractivity contribution in [3.05, 3.63) is 29.8 Å². The van der Waals surface area contributed by atoms with E-state index >= 15 is 0 Å². The number of aromatic hydroxyl groups is 1. The molecule has 1 aromatic rings. The largest absolute Gasteiger partial charge is 0.504 e. The second kappa shape index (κ2) is 10.5. The van der Waals surface area contributed by atoms with Crippen LogP contribution in [0, 0.1) is 11.8 Å². The fourth-order valence-corrected chi connectivity index (χ4v) is 2.39. The lowest BCUT2D eigenvalue weighted by atomic mass is 10.1. The van der Waals surface area contributed by atoms with E-state index in [1.165, 1.54) is 25.3 Å². The summed E-state index contributed by atoms with van der Waals surface area (Å²) in [6.07, 6.45) is 2.78. The molecule has 0 unspecified atom stereocenters. The fraction of sp³-hybridized carbons (Fsp3) is 0.500. The van der Waals surface area contributed by atoms with E-state index < -0.39 is 5.97 Å². The SMILES string of the molecule is COc1cc(/C=C/C(=O)OCC(=O)N(CC(C)C)CC(C)C)ccc1O. The quantitative estimate of drug-likeness (QED) is 0.539. The van der Waals surface area contributed by atoms with Gasteiger partial charge in [-0.3, -0.25) is 4.79 Å². The van der Waals surface area contributed by atoms with Crippen LogP contribution in [0.1, 0.15) is 33.3 Å². The molecule has 0 bridgehead atoms. The lowest BCUT2D eigenvalue weighted by molar-refractivity contribution is -0.148. The van der Waals surface area contributed by atoms with E-state index in [2.05, 4.69) is 0 Å². The summed E-state index contributed by atoms with van der Waals surface area (Å²) in [5.41, 5.74) is 0.671. The zero-order valence-corrected chi connectivity index (χ0v) is 16.2. The highest BCUT2D eigenvalue weighted by molar-refractivity contribution is 5.89. The Morgan fingerprint density at radius 2 is 1.77 bits per heavy atom. The van der Waals surface area contributed by atoms with Crippen molar-refractivity contribution in [3.63, 3.8) is 0 Å². The van der Waals surface area contributed by atoms with E-state index in [-0.39, 0.29) is 18.3 Å². The first-order valence-electron chi connectivity index (χ1n) is 8.72. The molecule has 6 nitrogen and oxygen atoms in total. The molecule has 1 aromatic carbocycles. The van der Waals surface area contributed by atoms with E-state index in [4.69, 9.17) is 9.47 Å². The van der Waals surface area contributed by atoms with E-state index in [0.29, 0.717) is 36.2 Å². The molecule has 0 spiro atoms. The van der Waals surface area contributed by atoms with E-state index in [0.717, 1.165) is 0 Å². The highest BCUT2D eigenvalue weighted by atomic mass is 16.5. The van der Waals surface area contributed by atoms with Gasteiger partial charge in [-0.2, -0.15) is 0 Å². The molecule has 0 aliphatic rings. The van der Waals surface area contributed by atoms with Gasteiger partial charge in [0.15, 0.2) is 18.1 Å². The average molecular weight is 363 g/mol. The summed E-state index contributed by atoms with van der Waals surface area (Å²) in [7, 11) is 1.45. The molecule has 6 heteroatoms. The molecule has 0 saturated carbocycles. The van der Waals surface area contributed by atoms with Gasteiger partial charge in [0.1, 0.15) is 0 Å². The van der Waals surface area contributed by atoms with E-state index in [1.807, 2.05) is 27.7 Å². The third kappa shape index (κ3) is 7.59. The minimum absolute atomic E-state index is 0.0215. The lowest BCUT2D eigenvalue weighted by Gasteiger charge is -2.26. The Bertz CT molecular complexity index is 627. The third-order valence-electron chi connectivity index (χ3n) is 3.48. The number of rotatable bonds is 9. The number of hydrogen-bond acceptors (Lipinski definition) is 5. The summed E-state index contributed by atoms with van der Waals surface area (Å²) >= 11 is 0. The Morgan fingerprint density at radius 3 is 2.31 bits per heavy atom. The van der Waals surface area contributed by atoms with Gasteiger partial charge in [-0.05, 0) is 35.6 Å². The van der Waals surface area contributed by atoms with Crippen molar-refractivity contribution >= 4 is 18.0 Å². The predicted molar refractivity (Wildman–Crippen MR) is 101 cm³/mol. The molecule has 0 radical (unpaired) electrons. The van der Waals surface area contributed by atoms with Crippen molar-refractivity contribution in [2.45, 2.75) is 27.7 Å². The summed E-state index contributed by atoms with van der Waals surface area (Å²) in [4.78, 5) is 25.9. The molecule has 0 aliphatic carbocycles. The highest BCUT2D eigenvalue weighted by Crippen LogP contribution is 2.26. The van der Waals surface area contributed by atoms with Gasteiger partial charge < -0.3 is 19.5 Å². The van der Waals surface area contributed by atoms with E-state index in [1.54, 1.807) is 17.0 Å². The maximum absolute atomic E-state index is 12.3. The van der Waals surface area contributed by atoms with Gasteiger partial charge >= 0.3 is 5.97 Å². The van der Waals surface area contributed by atoms with Gasteiger partial charge in [0.2, 0.25) is 0 Å². The number of esters is 1. The first-order chi connectivity index (χ1) is 12.2. The van der Waals surface area contributed by atoms with Gasteiger partial charge in [0.05, 0.1) is 7.11 Å². The van der Waals surface area contributed by atoms with Gasteiger partial charge in [-0.15, -0.1) is 0 Å². The minimum atomic E-state index is -0.598. The van der Waals surface area contributed by atoms with Gasteiger partial charge in [-0.25, -0.2) is 4.79 Å². The standard InChI is InChI=1S/C20H29NO5/c1-14(2)11-21(12-15(3)4)19(23)13-26-20(24)9-7-16-6-8-17(22)18(10-16)25-5/h6-10,14-15,22H,11-13H2,1-5H3/b9-7+. The number of amides is 1. The zero-order chi connectivity index (χ0) is 19.7. The second-order valence-corrected chi connectivity index (χ2v) is 6.96. The Labute approximate surface area is 155 Å². The molecule has 0 saturated heterocycles.